The van der Waals surface area contributed by atoms with E-state index in [1.807, 2.05) is 18.2 Å². The topological polar surface area (TPSA) is 53.1 Å². The molecule has 0 radical (unpaired) electrons. The summed E-state index contributed by atoms with van der Waals surface area (Å²) in [6.45, 7) is 1.01. The fourth-order valence-corrected chi connectivity index (χ4v) is 2.36. The molecule has 21 heavy (non-hydrogen) atoms. The van der Waals surface area contributed by atoms with Gasteiger partial charge in [-0.2, -0.15) is 0 Å². The standard InChI is InChI=1S/C18H23N3/c1-21(17-12-7-11-16(14-17)18(19)20)13-6-5-10-15-8-3-2-4-9-15/h2-4,7-9,11-12,14H,5-6,10,13H2,1H3,(H3,19,20). The van der Waals surface area contributed by atoms with Crippen molar-refractivity contribution in [3.8, 4) is 0 Å². The monoisotopic (exact) mass is 281 g/mol. The number of hydrogen-bond donors (Lipinski definition) is 2. The molecule has 0 aromatic heterocycles. The Balaban J connectivity index is 1.80. The smallest absolute Gasteiger partial charge is 0.122 e. The van der Waals surface area contributed by atoms with Crippen LogP contribution in [0, 0.1) is 5.41 Å². The molecule has 0 saturated carbocycles. The Kier molecular flexibility index (Phi) is 5.38. The summed E-state index contributed by atoms with van der Waals surface area (Å²) in [5, 5.41) is 7.50. The Morgan fingerprint density at radius 2 is 1.81 bits per heavy atom. The van der Waals surface area contributed by atoms with Gasteiger partial charge in [-0.3, -0.25) is 5.41 Å². The summed E-state index contributed by atoms with van der Waals surface area (Å²) in [6, 6.07) is 18.5. The number of nitrogens with two attached hydrogens (primary N) is 1. The van der Waals surface area contributed by atoms with Gasteiger partial charge in [-0.05, 0) is 37.0 Å². The summed E-state index contributed by atoms with van der Waals surface area (Å²) in [7, 11) is 2.09. The van der Waals surface area contributed by atoms with Gasteiger partial charge >= 0.3 is 0 Å². The van der Waals surface area contributed by atoms with Crippen molar-refractivity contribution in [2.45, 2.75) is 19.3 Å². The first-order chi connectivity index (χ1) is 10.2. The van der Waals surface area contributed by atoms with Gasteiger partial charge in [0.05, 0.1) is 0 Å². The molecular weight excluding hydrogens is 258 g/mol. The molecule has 3 nitrogen and oxygen atoms in total. The van der Waals surface area contributed by atoms with E-state index in [4.69, 9.17) is 11.1 Å². The second kappa shape index (κ2) is 7.48. The highest BCUT2D eigenvalue weighted by Crippen LogP contribution is 2.15. The van der Waals surface area contributed by atoms with E-state index >= 15 is 0 Å². The summed E-state index contributed by atoms with van der Waals surface area (Å²) in [5.74, 6) is 0.120. The van der Waals surface area contributed by atoms with Crippen molar-refractivity contribution < 1.29 is 0 Å². The second-order valence-corrected chi connectivity index (χ2v) is 5.33. The minimum absolute atomic E-state index is 0.120. The van der Waals surface area contributed by atoms with Crippen molar-refractivity contribution in [2.24, 2.45) is 5.73 Å². The number of hydrogen-bond acceptors (Lipinski definition) is 2. The van der Waals surface area contributed by atoms with E-state index in [1.54, 1.807) is 0 Å². The lowest BCUT2D eigenvalue weighted by Crippen LogP contribution is -2.19. The first kappa shape index (κ1) is 15.1. The Bertz CT molecular complexity index is 578. The Labute approximate surface area is 126 Å². The maximum atomic E-state index is 7.50. The van der Waals surface area contributed by atoms with Crippen molar-refractivity contribution >= 4 is 11.5 Å². The summed E-state index contributed by atoms with van der Waals surface area (Å²) in [5.41, 5.74) is 8.83. The molecule has 0 fully saturated rings. The molecule has 0 bridgehead atoms. The van der Waals surface area contributed by atoms with Crippen LogP contribution < -0.4 is 10.6 Å². The van der Waals surface area contributed by atoms with Gasteiger partial charge in [-0.15, -0.1) is 0 Å². The highest BCUT2D eigenvalue weighted by Gasteiger charge is 2.03. The Morgan fingerprint density at radius 3 is 2.52 bits per heavy atom. The number of unbranched alkanes of at least 4 members (excludes halogenated alkanes) is 1. The van der Waals surface area contributed by atoms with Gasteiger partial charge < -0.3 is 10.6 Å². The quantitative estimate of drug-likeness (QED) is 0.464. The predicted molar refractivity (Wildman–Crippen MR) is 90.1 cm³/mol. The zero-order chi connectivity index (χ0) is 15.1. The van der Waals surface area contributed by atoms with Crippen LogP contribution in [0.3, 0.4) is 0 Å². The molecule has 110 valence electrons. The maximum Gasteiger partial charge on any atom is 0.122 e. The van der Waals surface area contributed by atoms with Crippen LogP contribution in [0.1, 0.15) is 24.0 Å². The number of aryl methyl sites for hydroxylation is 1. The van der Waals surface area contributed by atoms with Gasteiger partial charge in [0.1, 0.15) is 5.84 Å². The van der Waals surface area contributed by atoms with E-state index in [1.165, 1.54) is 12.0 Å². The molecule has 0 atom stereocenters. The first-order valence-corrected chi connectivity index (χ1v) is 7.36. The summed E-state index contributed by atoms with van der Waals surface area (Å²) in [6.07, 6.45) is 3.46. The van der Waals surface area contributed by atoms with Crippen LogP contribution in [0.25, 0.3) is 0 Å². The summed E-state index contributed by atoms with van der Waals surface area (Å²) >= 11 is 0. The molecule has 3 N–H and O–H groups in total. The third-order valence-electron chi connectivity index (χ3n) is 3.65. The minimum Gasteiger partial charge on any atom is -0.384 e. The molecule has 0 aliphatic heterocycles. The van der Waals surface area contributed by atoms with Crippen molar-refractivity contribution in [1.29, 1.82) is 5.41 Å². The van der Waals surface area contributed by atoms with Gasteiger partial charge in [0.2, 0.25) is 0 Å². The van der Waals surface area contributed by atoms with Gasteiger partial charge in [0, 0.05) is 24.8 Å². The van der Waals surface area contributed by atoms with Gasteiger partial charge in [-0.1, -0.05) is 42.5 Å². The van der Waals surface area contributed by atoms with Crippen LogP contribution in [0.5, 0.6) is 0 Å². The fourth-order valence-electron chi connectivity index (χ4n) is 2.36. The third kappa shape index (κ3) is 4.63. The molecule has 0 saturated heterocycles. The van der Waals surface area contributed by atoms with Crippen LogP contribution in [0.4, 0.5) is 5.69 Å². The van der Waals surface area contributed by atoms with Crippen molar-refractivity contribution in [2.75, 3.05) is 18.5 Å². The molecule has 0 aliphatic rings. The number of benzene rings is 2. The van der Waals surface area contributed by atoms with E-state index in [-0.39, 0.29) is 5.84 Å². The minimum atomic E-state index is 0.120. The van der Waals surface area contributed by atoms with E-state index in [0.717, 1.165) is 30.6 Å². The van der Waals surface area contributed by atoms with Crippen LogP contribution in [0.2, 0.25) is 0 Å². The van der Waals surface area contributed by atoms with E-state index < -0.39 is 0 Å². The lowest BCUT2D eigenvalue weighted by Gasteiger charge is -2.20. The molecule has 3 heteroatoms. The van der Waals surface area contributed by atoms with Gasteiger partial charge in [0.15, 0.2) is 0 Å². The summed E-state index contributed by atoms with van der Waals surface area (Å²) in [4.78, 5) is 2.22. The van der Waals surface area contributed by atoms with Crippen LogP contribution >= 0.6 is 0 Å². The average molecular weight is 281 g/mol. The van der Waals surface area contributed by atoms with Crippen LogP contribution in [-0.2, 0) is 6.42 Å². The highest BCUT2D eigenvalue weighted by molar-refractivity contribution is 5.95. The molecule has 0 unspecified atom stereocenters. The Morgan fingerprint density at radius 1 is 1.05 bits per heavy atom. The van der Waals surface area contributed by atoms with E-state index in [2.05, 4.69) is 48.3 Å². The van der Waals surface area contributed by atoms with Crippen LogP contribution in [-0.4, -0.2) is 19.4 Å². The number of nitrogen functional groups attached to an aromatic ring is 1. The van der Waals surface area contributed by atoms with Crippen LogP contribution in [0.15, 0.2) is 54.6 Å². The Hall–Kier alpha value is -2.29. The van der Waals surface area contributed by atoms with Crippen molar-refractivity contribution in [3.05, 3.63) is 65.7 Å². The van der Waals surface area contributed by atoms with E-state index in [9.17, 15) is 0 Å². The van der Waals surface area contributed by atoms with Gasteiger partial charge in [-0.25, -0.2) is 0 Å². The van der Waals surface area contributed by atoms with Crippen molar-refractivity contribution in [1.82, 2.24) is 0 Å². The zero-order valence-electron chi connectivity index (χ0n) is 12.5. The molecule has 2 aromatic carbocycles. The molecular formula is C18H23N3. The molecule has 0 spiro atoms. The number of amidine groups is 1. The zero-order valence-corrected chi connectivity index (χ0v) is 12.5. The number of anilines is 1. The molecule has 2 rings (SSSR count). The lowest BCUT2D eigenvalue weighted by molar-refractivity contribution is 0.719. The molecule has 0 amide bonds. The third-order valence-corrected chi connectivity index (χ3v) is 3.65. The number of nitrogens with one attached hydrogen (secondary N) is 1. The highest BCUT2D eigenvalue weighted by atomic mass is 15.1. The largest absolute Gasteiger partial charge is 0.384 e. The van der Waals surface area contributed by atoms with E-state index in [0.29, 0.717) is 0 Å². The lowest BCUT2D eigenvalue weighted by atomic mass is 10.1. The normalized spacial score (nSPS) is 10.3. The predicted octanol–water partition coefficient (Wildman–Crippen LogP) is 3.43. The molecule has 0 heterocycles. The summed E-state index contributed by atoms with van der Waals surface area (Å²) < 4.78 is 0. The van der Waals surface area contributed by atoms with Crippen molar-refractivity contribution in [3.63, 3.8) is 0 Å². The maximum absolute atomic E-state index is 7.50. The SMILES string of the molecule is CN(CCCCc1ccccc1)c1cccc(C(=N)N)c1. The van der Waals surface area contributed by atoms with Gasteiger partial charge in [0.25, 0.3) is 0 Å². The first-order valence-electron chi connectivity index (χ1n) is 7.36. The second-order valence-electron chi connectivity index (χ2n) is 5.33. The molecule has 2 aromatic rings. The number of rotatable bonds is 7. The average Bonchev–Trinajstić information content (AvgIpc) is 2.52. The molecule has 0 aliphatic carbocycles. The number of nitrogens with zero attached hydrogens (tertiary/aromatic N) is 1. The fraction of sp³-hybridized carbons (Fsp3) is 0.278.